The molecule has 1 saturated heterocycles. The number of rotatable bonds is 5. The number of amides is 1. The standard InChI is InChI=1S/C18H23NO3/c20-16(21)9-8-14-5-4-12-19(13-14)17(22)18(10-11-18)15-6-2-1-3-7-15/h1-3,6-7,14H,4-5,8-13H2,(H,20,21). The van der Waals surface area contributed by atoms with Gasteiger partial charge >= 0.3 is 5.97 Å². The average Bonchev–Trinajstić information content (AvgIpc) is 3.35. The number of hydrogen-bond donors (Lipinski definition) is 1. The van der Waals surface area contributed by atoms with Crippen molar-refractivity contribution in [1.29, 1.82) is 0 Å². The zero-order valence-electron chi connectivity index (χ0n) is 12.8. The van der Waals surface area contributed by atoms with Crippen molar-refractivity contribution in [3.8, 4) is 0 Å². The molecule has 1 aliphatic heterocycles. The van der Waals surface area contributed by atoms with Crippen LogP contribution >= 0.6 is 0 Å². The Morgan fingerprint density at radius 1 is 1.23 bits per heavy atom. The highest BCUT2D eigenvalue weighted by Crippen LogP contribution is 2.50. The number of piperidine rings is 1. The fourth-order valence-corrected chi connectivity index (χ4v) is 3.62. The van der Waals surface area contributed by atoms with E-state index in [1.165, 1.54) is 0 Å². The van der Waals surface area contributed by atoms with E-state index in [2.05, 4.69) is 12.1 Å². The third-order valence-electron chi connectivity index (χ3n) is 5.06. The quantitative estimate of drug-likeness (QED) is 0.910. The molecule has 3 rings (SSSR count). The molecule has 2 fully saturated rings. The Bertz CT molecular complexity index is 551. The third kappa shape index (κ3) is 3.01. The van der Waals surface area contributed by atoms with Crippen LogP contribution in [0.2, 0.25) is 0 Å². The van der Waals surface area contributed by atoms with Crippen LogP contribution in [0, 0.1) is 5.92 Å². The maximum Gasteiger partial charge on any atom is 0.303 e. The van der Waals surface area contributed by atoms with Crippen LogP contribution in [0.4, 0.5) is 0 Å². The van der Waals surface area contributed by atoms with Crippen LogP contribution in [-0.2, 0) is 15.0 Å². The number of nitrogens with zero attached hydrogens (tertiary/aromatic N) is 1. The summed E-state index contributed by atoms with van der Waals surface area (Å²) in [6, 6.07) is 10.1. The van der Waals surface area contributed by atoms with Crippen molar-refractivity contribution in [3.63, 3.8) is 0 Å². The second-order valence-corrected chi connectivity index (χ2v) is 6.64. The zero-order valence-corrected chi connectivity index (χ0v) is 12.8. The minimum absolute atomic E-state index is 0.205. The van der Waals surface area contributed by atoms with Gasteiger partial charge in [0, 0.05) is 19.5 Å². The first kappa shape index (κ1) is 15.1. The van der Waals surface area contributed by atoms with Crippen LogP contribution in [-0.4, -0.2) is 35.0 Å². The molecular weight excluding hydrogens is 278 g/mol. The highest BCUT2D eigenvalue weighted by molar-refractivity contribution is 5.91. The topological polar surface area (TPSA) is 57.6 Å². The third-order valence-corrected chi connectivity index (χ3v) is 5.06. The number of carbonyl (C=O) groups excluding carboxylic acids is 1. The lowest BCUT2D eigenvalue weighted by Crippen LogP contribution is -2.45. The summed E-state index contributed by atoms with van der Waals surface area (Å²) in [5.74, 6) is -0.162. The molecule has 1 aromatic rings. The van der Waals surface area contributed by atoms with Crippen molar-refractivity contribution in [2.45, 2.75) is 43.9 Å². The summed E-state index contributed by atoms with van der Waals surface area (Å²) in [4.78, 5) is 25.7. The molecule has 4 nitrogen and oxygen atoms in total. The van der Waals surface area contributed by atoms with E-state index in [-0.39, 0.29) is 17.7 Å². The summed E-state index contributed by atoms with van der Waals surface area (Å²) in [5.41, 5.74) is 0.836. The highest BCUT2D eigenvalue weighted by atomic mass is 16.4. The van der Waals surface area contributed by atoms with Crippen molar-refractivity contribution in [1.82, 2.24) is 4.90 Å². The van der Waals surface area contributed by atoms with Gasteiger partial charge in [-0.25, -0.2) is 0 Å². The molecule has 0 aromatic heterocycles. The lowest BCUT2D eigenvalue weighted by molar-refractivity contribution is -0.137. The molecule has 1 amide bonds. The van der Waals surface area contributed by atoms with E-state index in [0.29, 0.717) is 12.3 Å². The zero-order chi connectivity index (χ0) is 15.6. The molecule has 118 valence electrons. The summed E-state index contributed by atoms with van der Waals surface area (Å²) in [7, 11) is 0. The van der Waals surface area contributed by atoms with Crippen LogP contribution in [0.3, 0.4) is 0 Å². The number of likely N-dealkylation sites (tertiary alicyclic amines) is 1. The van der Waals surface area contributed by atoms with Crippen LogP contribution in [0.15, 0.2) is 30.3 Å². The highest BCUT2D eigenvalue weighted by Gasteiger charge is 2.53. The Morgan fingerprint density at radius 3 is 2.59 bits per heavy atom. The summed E-state index contributed by atoms with van der Waals surface area (Å²) in [5, 5.41) is 8.83. The Balaban J connectivity index is 1.66. The minimum atomic E-state index is -0.744. The van der Waals surface area contributed by atoms with E-state index in [0.717, 1.165) is 44.3 Å². The van der Waals surface area contributed by atoms with E-state index in [1.807, 2.05) is 23.1 Å². The maximum atomic E-state index is 13.0. The molecule has 1 heterocycles. The molecule has 4 heteroatoms. The van der Waals surface area contributed by atoms with Crippen molar-refractivity contribution < 1.29 is 14.7 Å². The van der Waals surface area contributed by atoms with Gasteiger partial charge in [-0.1, -0.05) is 30.3 Å². The van der Waals surface area contributed by atoms with Gasteiger partial charge in [0.25, 0.3) is 0 Å². The van der Waals surface area contributed by atoms with E-state index in [1.54, 1.807) is 0 Å². The second-order valence-electron chi connectivity index (χ2n) is 6.64. The molecule has 1 aliphatic carbocycles. The van der Waals surface area contributed by atoms with E-state index in [9.17, 15) is 9.59 Å². The van der Waals surface area contributed by atoms with E-state index < -0.39 is 5.97 Å². The lowest BCUT2D eigenvalue weighted by atomic mass is 9.90. The van der Waals surface area contributed by atoms with Gasteiger partial charge in [-0.15, -0.1) is 0 Å². The molecule has 1 N–H and O–H groups in total. The summed E-state index contributed by atoms with van der Waals surface area (Å²) in [6.07, 6.45) is 4.78. The molecule has 0 spiro atoms. The Hall–Kier alpha value is -1.84. The molecule has 0 bridgehead atoms. The molecule has 2 aliphatic rings. The maximum absolute atomic E-state index is 13.0. The number of hydrogen-bond acceptors (Lipinski definition) is 2. The molecule has 1 aromatic carbocycles. The molecule has 1 saturated carbocycles. The SMILES string of the molecule is O=C(O)CCC1CCCN(C(=O)C2(c3ccccc3)CC2)C1. The van der Waals surface area contributed by atoms with E-state index >= 15 is 0 Å². The first-order valence-corrected chi connectivity index (χ1v) is 8.18. The smallest absolute Gasteiger partial charge is 0.303 e. The number of carboxylic acid groups (broad SMARTS) is 1. The Kier molecular flexibility index (Phi) is 4.19. The van der Waals surface area contributed by atoms with Gasteiger partial charge in [-0.3, -0.25) is 9.59 Å². The summed E-state index contributed by atoms with van der Waals surface area (Å²) >= 11 is 0. The summed E-state index contributed by atoms with van der Waals surface area (Å²) in [6.45, 7) is 1.54. The van der Waals surface area contributed by atoms with Crippen molar-refractivity contribution in [3.05, 3.63) is 35.9 Å². The van der Waals surface area contributed by atoms with Gasteiger partial charge < -0.3 is 10.0 Å². The van der Waals surface area contributed by atoms with Gasteiger partial charge in [0.15, 0.2) is 0 Å². The molecular formula is C18H23NO3. The van der Waals surface area contributed by atoms with Gasteiger partial charge in [-0.05, 0) is 43.6 Å². The van der Waals surface area contributed by atoms with Gasteiger partial charge in [0.05, 0.1) is 5.41 Å². The van der Waals surface area contributed by atoms with Crippen LogP contribution < -0.4 is 0 Å². The van der Waals surface area contributed by atoms with Gasteiger partial charge in [-0.2, -0.15) is 0 Å². The monoisotopic (exact) mass is 301 g/mol. The van der Waals surface area contributed by atoms with Gasteiger partial charge in [0.2, 0.25) is 5.91 Å². The second kappa shape index (κ2) is 6.11. The number of carboxylic acids is 1. The Labute approximate surface area is 131 Å². The number of aliphatic carboxylic acids is 1. The molecule has 22 heavy (non-hydrogen) atoms. The normalized spacial score (nSPS) is 23.1. The first-order chi connectivity index (χ1) is 10.6. The van der Waals surface area contributed by atoms with Crippen molar-refractivity contribution >= 4 is 11.9 Å². The first-order valence-electron chi connectivity index (χ1n) is 8.18. The number of benzene rings is 1. The van der Waals surface area contributed by atoms with Crippen LogP contribution in [0.1, 0.15) is 44.1 Å². The fraction of sp³-hybridized carbons (Fsp3) is 0.556. The largest absolute Gasteiger partial charge is 0.481 e. The van der Waals surface area contributed by atoms with E-state index in [4.69, 9.17) is 5.11 Å². The van der Waals surface area contributed by atoms with Crippen molar-refractivity contribution in [2.24, 2.45) is 5.92 Å². The fourth-order valence-electron chi connectivity index (χ4n) is 3.62. The minimum Gasteiger partial charge on any atom is -0.481 e. The molecule has 1 atom stereocenters. The predicted octanol–water partition coefficient (Wildman–Crippen LogP) is 2.82. The molecule has 0 radical (unpaired) electrons. The molecule has 1 unspecified atom stereocenters. The average molecular weight is 301 g/mol. The van der Waals surface area contributed by atoms with Crippen LogP contribution in [0.5, 0.6) is 0 Å². The van der Waals surface area contributed by atoms with Crippen LogP contribution in [0.25, 0.3) is 0 Å². The predicted molar refractivity (Wildman–Crippen MR) is 83.5 cm³/mol. The Morgan fingerprint density at radius 2 is 1.95 bits per heavy atom. The summed E-state index contributed by atoms with van der Waals surface area (Å²) < 4.78 is 0. The number of carbonyl (C=O) groups is 2. The van der Waals surface area contributed by atoms with Crippen molar-refractivity contribution in [2.75, 3.05) is 13.1 Å². The lowest BCUT2D eigenvalue weighted by Gasteiger charge is -2.35. The van der Waals surface area contributed by atoms with Gasteiger partial charge in [0.1, 0.15) is 0 Å².